The predicted molar refractivity (Wildman–Crippen MR) is 84.4 cm³/mol. The summed E-state index contributed by atoms with van der Waals surface area (Å²) >= 11 is 3.42. The zero-order valence-electron chi connectivity index (χ0n) is 12.3. The molecule has 7 nitrogen and oxygen atoms in total. The number of rotatable bonds is 4. The van der Waals surface area contributed by atoms with Crippen molar-refractivity contribution in [3.05, 3.63) is 46.6 Å². The molecule has 0 bridgehead atoms. The summed E-state index contributed by atoms with van der Waals surface area (Å²) in [4.78, 5) is 18.5. The van der Waals surface area contributed by atoms with Gasteiger partial charge in [-0.25, -0.2) is 9.50 Å². The summed E-state index contributed by atoms with van der Waals surface area (Å²) in [7, 11) is 1.75. The van der Waals surface area contributed by atoms with Crippen molar-refractivity contribution in [3.63, 3.8) is 0 Å². The minimum absolute atomic E-state index is 0.166. The molecule has 0 aromatic carbocycles. The number of hydrogen-bond acceptors (Lipinski definition) is 4. The van der Waals surface area contributed by atoms with Crippen molar-refractivity contribution in [2.75, 3.05) is 7.05 Å². The Morgan fingerprint density at radius 3 is 2.95 bits per heavy atom. The number of amides is 1. The van der Waals surface area contributed by atoms with E-state index >= 15 is 0 Å². The first kappa shape index (κ1) is 14.7. The largest absolute Gasteiger partial charge is 0.334 e. The molecule has 0 unspecified atom stereocenters. The average Bonchev–Trinajstić information content (AvgIpc) is 3.11. The van der Waals surface area contributed by atoms with Crippen LogP contribution in [0.25, 0.3) is 5.65 Å². The van der Waals surface area contributed by atoms with Gasteiger partial charge in [-0.05, 0) is 35.0 Å². The van der Waals surface area contributed by atoms with Gasteiger partial charge in [-0.15, -0.1) is 0 Å². The van der Waals surface area contributed by atoms with Gasteiger partial charge in [0.1, 0.15) is 0 Å². The van der Waals surface area contributed by atoms with Gasteiger partial charge in [-0.1, -0.05) is 0 Å². The normalized spacial score (nSPS) is 11.0. The van der Waals surface area contributed by atoms with Gasteiger partial charge in [-0.3, -0.25) is 9.48 Å². The third kappa shape index (κ3) is 2.50. The molecule has 0 fully saturated rings. The molecule has 0 N–H and O–H groups in total. The third-order valence-electron chi connectivity index (χ3n) is 3.39. The molecule has 0 atom stereocenters. The van der Waals surface area contributed by atoms with Crippen molar-refractivity contribution >= 4 is 27.5 Å². The molecule has 3 heterocycles. The van der Waals surface area contributed by atoms with Crippen LogP contribution in [0.5, 0.6) is 0 Å². The standard InChI is InChI=1S/C14H15BrN6O/c1-3-20-10(5-7-17-20)9-19(2)14(22)12-11(15)13-16-6-4-8-21(13)18-12/h4-8H,3,9H2,1-2H3. The van der Waals surface area contributed by atoms with Crippen LogP contribution in [0.15, 0.2) is 35.2 Å². The zero-order chi connectivity index (χ0) is 15.7. The number of carbonyl (C=O) groups is 1. The number of nitrogens with zero attached hydrogens (tertiary/aromatic N) is 6. The molecule has 22 heavy (non-hydrogen) atoms. The van der Waals surface area contributed by atoms with Crippen LogP contribution in [0.1, 0.15) is 23.1 Å². The van der Waals surface area contributed by atoms with Crippen LogP contribution in [0.3, 0.4) is 0 Å². The highest BCUT2D eigenvalue weighted by molar-refractivity contribution is 9.10. The first-order valence-electron chi connectivity index (χ1n) is 6.86. The van der Waals surface area contributed by atoms with E-state index in [9.17, 15) is 4.79 Å². The van der Waals surface area contributed by atoms with Gasteiger partial charge in [0.2, 0.25) is 0 Å². The van der Waals surface area contributed by atoms with Gasteiger partial charge in [-0.2, -0.15) is 10.2 Å². The summed E-state index contributed by atoms with van der Waals surface area (Å²) in [6, 6.07) is 3.68. The number of aryl methyl sites for hydroxylation is 1. The number of carbonyl (C=O) groups excluding carboxylic acids is 1. The van der Waals surface area contributed by atoms with Crippen LogP contribution >= 0.6 is 15.9 Å². The lowest BCUT2D eigenvalue weighted by Crippen LogP contribution is -2.28. The quantitative estimate of drug-likeness (QED) is 0.711. The Hall–Kier alpha value is -2.22. The van der Waals surface area contributed by atoms with Crippen molar-refractivity contribution in [3.8, 4) is 0 Å². The van der Waals surface area contributed by atoms with Gasteiger partial charge < -0.3 is 4.90 Å². The predicted octanol–water partition coefficient (Wildman–Crippen LogP) is 1.98. The second-order valence-electron chi connectivity index (χ2n) is 4.85. The molecule has 0 saturated heterocycles. The Morgan fingerprint density at radius 2 is 2.23 bits per heavy atom. The second kappa shape index (κ2) is 5.88. The topological polar surface area (TPSA) is 68.3 Å². The molecule has 1 amide bonds. The van der Waals surface area contributed by atoms with Gasteiger partial charge in [0, 0.05) is 32.2 Å². The monoisotopic (exact) mass is 362 g/mol. The number of aromatic nitrogens is 5. The second-order valence-corrected chi connectivity index (χ2v) is 5.64. The van der Waals surface area contributed by atoms with Crippen LogP contribution in [0, 0.1) is 0 Å². The molecule has 0 aliphatic carbocycles. The zero-order valence-corrected chi connectivity index (χ0v) is 13.9. The summed E-state index contributed by atoms with van der Waals surface area (Å²) in [6.07, 6.45) is 5.16. The molecule has 3 aromatic rings. The lowest BCUT2D eigenvalue weighted by Gasteiger charge is -2.16. The maximum absolute atomic E-state index is 12.6. The number of fused-ring (bicyclic) bond motifs is 1. The van der Waals surface area contributed by atoms with Gasteiger partial charge >= 0.3 is 0 Å². The summed E-state index contributed by atoms with van der Waals surface area (Å²) in [5.74, 6) is -0.166. The number of halogens is 1. The van der Waals surface area contributed by atoms with Crippen molar-refractivity contribution in [2.24, 2.45) is 0 Å². The summed E-state index contributed by atoms with van der Waals surface area (Å²) in [5.41, 5.74) is 1.96. The first-order chi connectivity index (χ1) is 10.6. The van der Waals surface area contributed by atoms with E-state index in [0.717, 1.165) is 12.2 Å². The van der Waals surface area contributed by atoms with Gasteiger partial charge in [0.15, 0.2) is 11.3 Å². The molecule has 0 aliphatic rings. The smallest absolute Gasteiger partial charge is 0.275 e. The Balaban J connectivity index is 1.87. The minimum atomic E-state index is -0.166. The van der Waals surface area contributed by atoms with Crippen molar-refractivity contribution in [2.45, 2.75) is 20.0 Å². The summed E-state index contributed by atoms with van der Waals surface area (Å²) in [6.45, 7) is 3.26. The van der Waals surface area contributed by atoms with Crippen molar-refractivity contribution in [1.82, 2.24) is 29.3 Å². The molecule has 3 rings (SSSR count). The van der Waals surface area contributed by atoms with Crippen molar-refractivity contribution in [1.29, 1.82) is 0 Å². The molecule has 0 spiro atoms. The van der Waals surface area contributed by atoms with E-state index in [1.807, 2.05) is 17.7 Å². The molecular weight excluding hydrogens is 348 g/mol. The highest BCUT2D eigenvalue weighted by Gasteiger charge is 2.22. The Labute approximate surface area is 135 Å². The Morgan fingerprint density at radius 1 is 1.41 bits per heavy atom. The summed E-state index contributed by atoms with van der Waals surface area (Å²) in [5, 5.41) is 8.51. The van der Waals surface area contributed by atoms with E-state index in [1.165, 1.54) is 0 Å². The number of hydrogen-bond donors (Lipinski definition) is 0. The molecule has 0 radical (unpaired) electrons. The van der Waals surface area contributed by atoms with E-state index in [4.69, 9.17) is 0 Å². The molecule has 114 valence electrons. The van der Waals surface area contributed by atoms with E-state index in [1.54, 1.807) is 41.1 Å². The lowest BCUT2D eigenvalue weighted by atomic mass is 10.3. The fourth-order valence-electron chi connectivity index (χ4n) is 2.27. The van der Waals surface area contributed by atoms with Crippen LogP contribution in [0.2, 0.25) is 0 Å². The highest BCUT2D eigenvalue weighted by Crippen LogP contribution is 2.22. The highest BCUT2D eigenvalue weighted by atomic mass is 79.9. The summed E-state index contributed by atoms with van der Waals surface area (Å²) < 4.78 is 4.06. The SMILES string of the molecule is CCn1nccc1CN(C)C(=O)c1nn2cccnc2c1Br. The third-order valence-corrected chi connectivity index (χ3v) is 4.12. The van der Waals surface area contributed by atoms with Crippen molar-refractivity contribution < 1.29 is 4.79 Å². The maximum atomic E-state index is 12.6. The fraction of sp³-hybridized carbons (Fsp3) is 0.286. The van der Waals surface area contributed by atoms with Crippen LogP contribution < -0.4 is 0 Å². The molecule has 0 saturated carbocycles. The average molecular weight is 363 g/mol. The van der Waals surface area contributed by atoms with Crippen LogP contribution in [-0.2, 0) is 13.1 Å². The van der Waals surface area contributed by atoms with Gasteiger partial charge in [0.25, 0.3) is 5.91 Å². The van der Waals surface area contributed by atoms with Crippen LogP contribution in [0.4, 0.5) is 0 Å². The van der Waals surface area contributed by atoms with E-state index < -0.39 is 0 Å². The van der Waals surface area contributed by atoms with E-state index in [2.05, 4.69) is 31.1 Å². The molecule has 3 aromatic heterocycles. The molecule has 8 heteroatoms. The Kier molecular flexibility index (Phi) is 3.93. The Bertz CT molecular complexity index is 824. The van der Waals surface area contributed by atoms with Gasteiger partial charge in [0.05, 0.1) is 16.7 Å². The first-order valence-corrected chi connectivity index (χ1v) is 7.66. The van der Waals surface area contributed by atoms with E-state index in [0.29, 0.717) is 22.4 Å². The van der Waals surface area contributed by atoms with Crippen LogP contribution in [-0.4, -0.2) is 42.2 Å². The molecule has 0 aliphatic heterocycles. The minimum Gasteiger partial charge on any atom is -0.334 e. The fourth-order valence-corrected chi connectivity index (χ4v) is 2.80. The maximum Gasteiger partial charge on any atom is 0.275 e. The molecular formula is C14H15BrN6O. The van der Waals surface area contributed by atoms with E-state index in [-0.39, 0.29) is 5.91 Å². The lowest BCUT2D eigenvalue weighted by molar-refractivity contribution is 0.0774.